The Bertz CT molecular complexity index is 782. The molecule has 0 saturated heterocycles. The predicted molar refractivity (Wildman–Crippen MR) is 115 cm³/mol. The van der Waals surface area contributed by atoms with Gasteiger partial charge in [0.1, 0.15) is 0 Å². The van der Waals surface area contributed by atoms with Crippen LogP contribution in [0.5, 0.6) is 0 Å². The molecule has 174 valence electrons. The molecule has 1 amide bonds. The van der Waals surface area contributed by atoms with Gasteiger partial charge in [-0.25, -0.2) is 9.59 Å². The van der Waals surface area contributed by atoms with E-state index in [0.717, 1.165) is 0 Å². The van der Waals surface area contributed by atoms with Gasteiger partial charge in [-0.2, -0.15) is 0 Å². The third-order valence-electron chi connectivity index (χ3n) is 4.13. The number of carbonyl (C=O) groups is 3. The van der Waals surface area contributed by atoms with Gasteiger partial charge in [-0.1, -0.05) is 24.3 Å². The summed E-state index contributed by atoms with van der Waals surface area (Å²) < 4.78 is 33.7. The Kier molecular flexibility index (Phi) is 10.9. The van der Waals surface area contributed by atoms with Crippen LogP contribution in [-0.4, -0.2) is 49.8 Å². The number of benzene rings is 1. The number of esters is 2. The fraction of sp³-hybridized carbons (Fsp3) is 0.571. The fourth-order valence-corrected chi connectivity index (χ4v) is 4.76. The quantitative estimate of drug-likeness (QED) is 0.273. The number of hydrogen-bond acceptors (Lipinski definition) is 8. The predicted octanol–water partition coefficient (Wildman–Crippen LogP) is 3.00. The minimum absolute atomic E-state index is 0.0194. The normalized spacial score (nSPS) is 11.6. The van der Waals surface area contributed by atoms with E-state index in [1.165, 1.54) is 6.92 Å². The summed E-state index contributed by atoms with van der Waals surface area (Å²) in [5, 5.41) is 2.43. The van der Waals surface area contributed by atoms with Crippen LogP contribution in [0.15, 0.2) is 24.3 Å². The zero-order valence-electron chi connectivity index (χ0n) is 18.8. The molecule has 9 nitrogen and oxygen atoms in total. The van der Waals surface area contributed by atoms with Crippen molar-refractivity contribution >= 4 is 25.4 Å². The molecule has 0 aliphatic rings. The van der Waals surface area contributed by atoms with E-state index in [1.807, 2.05) is 0 Å². The van der Waals surface area contributed by atoms with Gasteiger partial charge in [0.2, 0.25) is 11.4 Å². The van der Waals surface area contributed by atoms with Crippen molar-refractivity contribution in [3.63, 3.8) is 0 Å². The lowest BCUT2D eigenvalue weighted by atomic mass is 9.89. The van der Waals surface area contributed by atoms with Crippen molar-refractivity contribution in [1.82, 2.24) is 5.32 Å². The number of amides is 1. The van der Waals surface area contributed by atoms with Gasteiger partial charge in [-0.3, -0.25) is 9.36 Å². The number of carbonyl (C=O) groups excluding carboxylic acids is 3. The van der Waals surface area contributed by atoms with Crippen LogP contribution < -0.4 is 5.32 Å². The highest BCUT2D eigenvalue weighted by Gasteiger charge is 2.50. The largest absolute Gasteiger partial charge is 0.464 e. The van der Waals surface area contributed by atoms with Crippen LogP contribution in [0.3, 0.4) is 0 Å². The van der Waals surface area contributed by atoms with E-state index < -0.39 is 31.0 Å². The second-order valence-corrected chi connectivity index (χ2v) is 8.68. The highest BCUT2D eigenvalue weighted by Crippen LogP contribution is 2.51. The molecule has 0 aromatic heterocycles. The van der Waals surface area contributed by atoms with Crippen LogP contribution in [0, 0.1) is 0 Å². The van der Waals surface area contributed by atoms with Crippen molar-refractivity contribution in [1.29, 1.82) is 0 Å². The minimum atomic E-state index is -3.35. The highest BCUT2D eigenvalue weighted by molar-refractivity contribution is 7.53. The second-order valence-electron chi connectivity index (χ2n) is 6.63. The van der Waals surface area contributed by atoms with Crippen LogP contribution in [0.4, 0.5) is 0 Å². The minimum Gasteiger partial charge on any atom is -0.464 e. The molecule has 0 unspecified atom stereocenters. The van der Waals surface area contributed by atoms with Gasteiger partial charge in [0.05, 0.1) is 32.6 Å². The van der Waals surface area contributed by atoms with Gasteiger partial charge in [0, 0.05) is 13.3 Å². The van der Waals surface area contributed by atoms with Crippen molar-refractivity contribution in [2.45, 2.75) is 52.7 Å². The fourth-order valence-electron chi connectivity index (χ4n) is 3.07. The van der Waals surface area contributed by atoms with Gasteiger partial charge in [-0.05, 0) is 38.8 Å². The third kappa shape index (κ3) is 7.76. The average molecular weight is 457 g/mol. The molecule has 0 saturated carbocycles. The molecule has 0 heterocycles. The van der Waals surface area contributed by atoms with Gasteiger partial charge >= 0.3 is 19.5 Å². The van der Waals surface area contributed by atoms with Gasteiger partial charge in [0.15, 0.2) is 0 Å². The van der Waals surface area contributed by atoms with Crippen LogP contribution in [-0.2, 0) is 50.1 Å². The van der Waals surface area contributed by atoms with Crippen LogP contribution in [0.25, 0.3) is 0 Å². The Hall–Kier alpha value is -2.22. The first-order valence-electron chi connectivity index (χ1n) is 10.2. The SMILES string of the molecule is CCOC(=O)C(Cc1cccc(CP(=O)(OCC)OCC)c1)(NC(C)=O)C(=O)OCC. The summed E-state index contributed by atoms with van der Waals surface area (Å²) in [6.45, 7) is 8.34. The summed E-state index contributed by atoms with van der Waals surface area (Å²) in [7, 11) is -3.35. The summed E-state index contributed by atoms with van der Waals surface area (Å²) >= 11 is 0. The standard InChI is InChI=1S/C21H32NO8P/c1-6-27-19(24)21(22-16(5)23,20(25)28-7-2)14-17-11-10-12-18(13-17)15-31(26,29-8-3)30-9-4/h10-13H,6-9,14-15H2,1-5H3,(H,22,23). The lowest BCUT2D eigenvalue weighted by molar-refractivity contribution is -0.168. The number of hydrogen-bond donors (Lipinski definition) is 1. The summed E-state index contributed by atoms with van der Waals surface area (Å²) in [6.07, 6.45) is -0.180. The second kappa shape index (κ2) is 12.6. The lowest BCUT2D eigenvalue weighted by Crippen LogP contribution is -2.62. The maximum Gasteiger partial charge on any atom is 0.344 e. The maximum absolute atomic E-state index is 12.9. The molecule has 1 rings (SSSR count). The molecule has 1 aromatic rings. The third-order valence-corrected chi connectivity index (χ3v) is 6.18. The van der Waals surface area contributed by atoms with E-state index in [4.69, 9.17) is 18.5 Å². The lowest BCUT2D eigenvalue weighted by Gasteiger charge is -2.30. The summed E-state index contributed by atoms with van der Waals surface area (Å²) in [6, 6.07) is 6.80. The molecule has 0 spiro atoms. The first kappa shape index (κ1) is 26.8. The molecule has 31 heavy (non-hydrogen) atoms. The molecular formula is C21H32NO8P. The molecule has 0 aliphatic carbocycles. The molecule has 0 atom stereocenters. The molecule has 0 aliphatic heterocycles. The molecule has 1 N–H and O–H groups in total. The summed E-state index contributed by atoms with van der Waals surface area (Å²) in [5.74, 6) is -2.42. The van der Waals surface area contributed by atoms with Crippen molar-refractivity contribution in [2.75, 3.05) is 26.4 Å². The van der Waals surface area contributed by atoms with E-state index >= 15 is 0 Å². The Morgan fingerprint density at radius 2 is 1.42 bits per heavy atom. The van der Waals surface area contributed by atoms with E-state index in [-0.39, 0.29) is 39.0 Å². The zero-order valence-corrected chi connectivity index (χ0v) is 19.7. The van der Waals surface area contributed by atoms with Crippen molar-refractivity contribution in [3.05, 3.63) is 35.4 Å². The smallest absolute Gasteiger partial charge is 0.344 e. The Labute approximate surface area is 183 Å². The summed E-state index contributed by atoms with van der Waals surface area (Å²) in [4.78, 5) is 37.4. The average Bonchev–Trinajstić information content (AvgIpc) is 2.67. The van der Waals surface area contributed by atoms with Gasteiger partial charge in [0.25, 0.3) is 0 Å². The highest BCUT2D eigenvalue weighted by atomic mass is 31.2. The Morgan fingerprint density at radius 1 is 0.903 bits per heavy atom. The van der Waals surface area contributed by atoms with Crippen molar-refractivity contribution < 1.29 is 37.5 Å². The number of nitrogens with one attached hydrogen (secondary N) is 1. The van der Waals surface area contributed by atoms with Gasteiger partial charge < -0.3 is 23.8 Å². The van der Waals surface area contributed by atoms with E-state index in [2.05, 4.69) is 5.32 Å². The van der Waals surface area contributed by atoms with Crippen molar-refractivity contribution in [2.24, 2.45) is 0 Å². The topological polar surface area (TPSA) is 117 Å². The molecule has 1 aromatic carbocycles. The first-order valence-corrected chi connectivity index (χ1v) is 12.0. The molecule has 0 fully saturated rings. The van der Waals surface area contributed by atoms with Gasteiger partial charge in [-0.15, -0.1) is 0 Å². The van der Waals surface area contributed by atoms with E-state index in [0.29, 0.717) is 11.1 Å². The molecule has 0 radical (unpaired) electrons. The Balaban J connectivity index is 3.34. The monoisotopic (exact) mass is 457 g/mol. The van der Waals surface area contributed by atoms with E-state index in [1.54, 1.807) is 52.0 Å². The number of ether oxygens (including phenoxy) is 2. The zero-order chi connectivity index (χ0) is 23.5. The molecular weight excluding hydrogens is 425 g/mol. The summed E-state index contributed by atoms with van der Waals surface area (Å²) in [5.41, 5.74) is -0.876. The van der Waals surface area contributed by atoms with Crippen LogP contribution in [0.2, 0.25) is 0 Å². The van der Waals surface area contributed by atoms with Crippen LogP contribution in [0.1, 0.15) is 45.7 Å². The van der Waals surface area contributed by atoms with E-state index in [9.17, 15) is 18.9 Å². The Morgan fingerprint density at radius 3 is 1.87 bits per heavy atom. The molecule has 0 bridgehead atoms. The maximum atomic E-state index is 12.9. The van der Waals surface area contributed by atoms with Crippen LogP contribution >= 0.6 is 7.60 Å². The van der Waals surface area contributed by atoms with Crippen molar-refractivity contribution in [3.8, 4) is 0 Å². The first-order chi connectivity index (χ1) is 14.7. The number of rotatable bonds is 13. The molecule has 10 heteroatoms.